The molecule has 0 N–H and O–H groups in total. The van der Waals surface area contributed by atoms with Gasteiger partial charge in [-0.15, -0.1) is 0 Å². The Morgan fingerprint density at radius 3 is 2.43 bits per heavy atom. The molecule has 6 heteroatoms. The van der Waals surface area contributed by atoms with E-state index in [0.717, 1.165) is 36.7 Å². The first-order valence-electron chi connectivity index (χ1n) is 8.42. The smallest absolute Gasteiger partial charge is 0.253 e. The molecule has 0 unspecified atom stereocenters. The number of piperidine rings is 1. The highest BCUT2D eigenvalue weighted by molar-refractivity contribution is 7.98. The summed E-state index contributed by atoms with van der Waals surface area (Å²) >= 11 is 1.90. The van der Waals surface area contributed by atoms with Crippen molar-refractivity contribution in [1.29, 1.82) is 0 Å². The highest BCUT2D eigenvalue weighted by atomic mass is 32.2. The van der Waals surface area contributed by atoms with Crippen molar-refractivity contribution in [3.05, 3.63) is 12.2 Å². The minimum absolute atomic E-state index is 0.0540. The fourth-order valence-corrected chi connectivity index (χ4v) is 3.66. The van der Waals surface area contributed by atoms with Crippen molar-refractivity contribution >= 4 is 29.5 Å². The number of hydrogen-bond acceptors (Lipinski definition) is 4. The van der Waals surface area contributed by atoms with Gasteiger partial charge in [-0.3, -0.25) is 19.3 Å². The lowest BCUT2D eigenvalue weighted by atomic mass is 9.91. The number of imide groups is 1. The molecule has 2 aliphatic rings. The van der Waals surface area contributed by atoms with Crippen LogP contribution in [-0.4, -0.2) is 59.2 Å². The second-order valence-corrected chi connectivity index (χ2v) is 7.21. The van der Waals surface area contributed by atoms with E-state index >= 15 is 0 Å². The molecule has 0 saturated carbocycles. The van der Waals surface area contributed by atoms with Crippen LogP contribution in [0.25, 0.3) is 0 Å². The van der Waals surface area contributed by atoms with E-state index in [0.29, 0.717) is 0 Å². The molecule has 5 nitrogen and oxygen atoms in total. The Morgan fingerprint density at radius 1 is 1.17 bits per heavy atom. The summed E-state index contributed by atoms with van der Waals surface area (Å²) in [6.07, 6.45) is 10.9. The summed E-state index contributed by atoms with van der Waals surface area (Å²) in [7, 11) is 0. The van der Waals surface area contributed by atoms with Crippen molar-refractivity contribution in [1.82, 2.24) is 9.80 Å². The fourth-order valence-electron chi connectivity index (χ4n) is 3.17. The van der Waals surface area contributed by atoms with Crippen molar-refractivity contribution in [2.45, 2.75) is 38.5 Å². The van der Waals surface area contributed by atoms with Gasteiger partial charge in [0.2, 0.25) is 5.91 Å². The quantitative estimate of drug-likeness (QED) is 0.502. The molecule has 1 saturated heterocycles. The highest BCUT2D eigenvalue weighted by Gasteiger charge is 2.26. The lowest BCUT2D eigenvalue weighted by Crippen LogP contribution is -2.41. The Morgan fingerprint density at radius 2 is 1.83 bits per heavy atom. The standard InChI is InChI=1S/C17H26N2O3S/c1-23-13-3-2-4-14-7-10-18(11-8-14)15(20)9-12-19-16(21)5-6-17(19)22/h5-6,14H,2-4,7-13H2,1H3. The number of carbonyl (C=O) groups excluding carboxylic acids is 3. The van der Waals surface area contributed by atoms with Crippen molar-refractivity contribution in [3.8, 4) is 0 Å². The van der Waals surface area contributed by atoms with Crippen LogP contribution in [0.5, 0.6) is 0 Å². The van der Waals surface area contributed by atoms with Crippen molar-refractivity contribution in [3.63, 3.8) is 0 Å². The van der Waals surface area contributed by atoms with E-state index in [1.54, 1.807) is 0 Å². The highest BCUT2D eigenvalue weighted by Crippen LogP contribution is 2.23. The van der Waals surface area contributed by atoms with Crippen molar-refractivity contribution < 1.29 is 14.4 Å². The molecule has 0 atom stereocenters. The first-order valence-corrected chi connectivity index (χ1v) is 9.81. The van der Waals surface area contributed by atoms with Crippen LogP contribution in [0, 0.1) is 5.92 Å². The zero-order valence-electron chi connectivity index (χ0n) is 13.8. The summed E-state index contributed by atoms with van der Waals surface area (Å²) < 4.78 is 0. The van der Waals surface area contributed by atoms with Crippen molar-refractivity contribution in [2.75, 3.05) is 31.6 Å². The first-order chi connectivity index (χ1) is 11.1. The van der Waals surface area contributed by atoms with Crippen LogP contribution in [0.4, 0.5) is 0 Å². The van der Waals surface area contributed by atoms with Gasteiger partial charge in [0, 0.05) is 38.2 Å². The van der Waals surface area contributed by atoms with Crippen LogP contribution in [-0.2, 0) is 14.4 Å². The Balaban J connectivity index is 1.64. The van der Waals surface area contributed by atoms with E-state index in [2.05, 4.69) is 6.26 Å². The second kappa shape index (κ2) is 9.11. The number of amides is 3. The topological polar surface area (TPSA) is 57.7 Å². The van der Waals surface area contributed by atoms with Gasteiger partial charge in [-0.2, -0.15) is 11.8 Å². The van der Waals surface area contributed by atoms with Crippen LogP contribution in [0.1, 0.15) is 38.5 Å². The number of thioether (sulfide) groups is 1. The molecule has 0 aromatic rings. The summed E-state index contributed by atoms with van der Waals surface area (Å²) in [6.45, 7) is 1.82. The van der Waals surface area contributed by atoms with Gasteiger partial charge in [0.05, 0.1) is 0 Å². The second-order valence-electron chi connectivity index (χ2n) is 6.22. The Hall–Kier alpha value is -1.30. The minimum atomic E-state index is -0.313. The number of nitrogens with zero attached hydrogens (tertiary/aromatic N) is 2. The molecule has 0 spiro atoms. The van der Waals surface area contributed by atoms with Crippen LogP contribution in [0.3, 0.4) is 0 Å². The van der Waals surface area contributed by atoms with Crippen LogP contribution >= 0.6 is 11.8 Å². The third kappa shape index (κ3) is 5.37. The third-order valence-corrected chi connectivity index (χ3v) is 5.32. The third-order valence-electron chi connectivity index (χ3n) is 4.63. The molecule has 0 aromatic heterocycles. The van der Waals surface area contributed by atoms with E-state index in [-0.39, 0.29) is 30.7 Å². The van der Waals surface area contributed by atoms with Gasteiger partial charge in [-0.05, 0) is 37.2 Å². The van der Waals surface area contributed by atoms with Crippen LogP contribution in [0.15, 0.2) is 12.2 Å². The predicted molar refractivity (Wildman–Crippen MR) is 92.0 cm³/mol. The largest absolute Gasteiger partial charge is 0.343 e. The lowest BCUT2D eigenvalue weighted by molar-refractivity contribution is -0.138. The predicted octanol–water partition coefficient (Wildman–Crippen LogP) is 2.07. The summed E-state index contributed by atoms with van der Waals surface area (Å²) in [5.74, 6) is 1.41. The van der Waals surface area contributed by atoms with Gasteiger partial charge < -0.3 is 4.90 Å². The maximum Gasteiger partial charge on any atom is 0.253 e. The molecule has 0 bridgehead atoms. The summed E-state index contributed by atoms with van der Waals surface area (Å²) in [6, 6.07) is 0. The minimum Gasteiger partial charge on any atom is -0.343 e. The number of hydrogen-bond donors (Lipinski definition) is 0. The van der Waals surface area contributed by atoms with Gasteiger partial charge in [0.25, 0.3) is 11.8 Å². The molecule has 23 heavy (non-hydrogen) atoms. The SMILES string of the molecule is CSCCCCC1CCN(C(=O)CCN2C(=O)C=CC2=O)CC1. The molecule has 0 aromatic carbocycles. The first kappa shape index (κ1) is 18.0. The molecular weight excluding hydrogens is 312 g/mol. The summed E-state index contributed by atoms with van der Waals surface area (Å²) in [5, 5.41) is 0. The zero-order chi connectivity index (χ0) is 16.7. The van der Waals surface area contributed by atoms with Gasteiger partial charge in [0.1, 0.15) is 0 Å². The van der Waals surface area contributed by atoms with E-state index in [4.69, 9.17) is 0 Å². The molecule has 3 amide bonds. The summed E-state index contributed by atoms with van der Waals surface area (Å²) in [4.78, 5) is 38.2. The van der Waals surface area contributed by atoms with Crippen LogP contribution < -0.4 is 0 Å². The van der Waals surface area contributed by atoms with Crippen molar-refractivity contribution in [2.24, 2.45) is 5.92 Å². The molecular formula is C17H26N2O3S. The Labute approximate surface area is 142 Å². The van der Waals surface area contributed by atoms with Gasteiger partial charge in [-0.1, -0.05) is 12.8 Å². The average Bonchev–Trinajstić information content (AvgIpc) is 2.88. The molecule has 1 fully saturated rings. The molecule has 0 radical (unpaired) electrons. The number of likely N-dealkylation sites (tertiary alicyclic amines) is 1. The normalized spacial score (nSPS) is 19.0. The molecule has 2 aliphatic heterocycles. The lowest BCUT2D eigenvalue weighted by Gasteiger charge is -2.32. The molecule has 0 aliphatic carbocycles. The van der Waals surface area contributed by atoms with E-state index in [9.17, 15) is 14.4 Å². The average molecular weight is 338 g/mol. The van der Waals surface area contributed by atoms with E-state index in [1.165, 1.54) is 37.2 Å². The van der Waals surface area contributed by atoms with E-state index < -0.39 is 0 Å². The number of carbonyl (C=O) groups is 3. The maximum absolute atomic E-state index is 12.2. The zero-order valence-corrected chi connectivity index (χ0v) is 14.6. The number of unbranched alkanes of at least 4 members (excludes halogenated alkanes) is 1. The molecule has 2 heterocycles. The fraction of sp³-hybridized carbons (Fsp3) is 0.706. The van der Waals surface area contributed by atoms with Crippen LogP contribution in [0.2, 0.25) is 0 Å². The molecule has 128 valence electrons. The molecule has 2 rings (SSSR count). The van der Waals surface area contributed by atoms with Gasteiger partial charge in [-0.25, -0.2) is 0 Å². The van der Waals surface area contributed by atoms with Gasteiger partial charge >= 0.3 is 0 Å². The maximum atomic E-state index is 12.2. The Kier molecular flexibility index (Phi) is 7.15. The Bertz CT molecular complexity index is 452. The monoisotopic (exact) mass is 338 g/mol. The summed E-state index contributed by atoms with van der Waals surface area (Å²) in [5.41, 5.74) is 0. The number of rotatable bonds is 8. The van der Waals surface area contributed by atoms with E-state index in [1.807, 2.05) is 16.7 Å². The van der Waals surface area contributed by atoms with Gasteiger partial charge in [0.15, 0.2) is 0 Å².